The van der Waals surface area contributed by atoms with E-state index in [-0.39, 0.29) is 35.6 Å². The van der Waals surface area contributed by atoms with Crippen LogP contribution in [0, 0.1) is 12.7 Å². The van der Waals surface area contributed by atoms with Crippen LogP contribution >= 0.6 is 0 Å². The number of nitrogens with one attached hydrogen (secondary N) is 1. The van der Waals surface area contributed by atoms with Gasteiger partial charge in [0.15, 0.2) is 11.6 Å². The molecule has 3 aromatic rings. The molecule has 0 saturated heterocycles. The van der Waals surface area contributed by atoms with Gasteiger partial charge in [-0.3, -0.25) is 0 Å². The number of aryl methyl sites for hydroxylation is 1. The van der Waals surface area contributed by atoms with Crippen LogP contribution in [0.5, 0.6) is 11.5 Å². The minimum Gasteiger partial charge on any atom is -0.494 e. The van der Waals surface area contributed by atoms with Crippen molar-refractivity contribution in [3.05, 3.63) is 94.3 Å². The minimum atomic E-state index is -0.377. The molecule has 3 aromatic carbocycles. The maximum Gasteiger partial charge on any atom is 0.338 e. The Labute approximate surface area is 199 Å². The molecular formula is C28H30FNO4. The number of para-hydroxylation sites is 1. The summed E-state index contributed by atoms with van der Waals surface area (Å²) in [6.07, 6.45) is 0.681. The van der Waals surface area contributed by atoms with Crippen molar-refractivity contribution in [2.24, 2.45) is 0 Å². The van der Waals surface area contributed by atoms with E-state index in [1.165, 1.54) is 20.3 Å². The van der Waals surface area contributed by atoms with Gasteiger partial charge in [0.1, 0.15) is 11.9 Å². The van der Waals surface area contributed by atoms with Crippen molar-refractivity contribution >= 4 is 5.97 Å². The summed E-state index contributed by atoms with van der Waals surface area (Å²) in [4.78, 5) is 12.3. The van der Waals surface area contributed by atoms with Crippen LogP contribution in [-0.4, -0.2) is 32.8 Å². The van der Waals surface area contributed by atoms with Crippen molar-refractivity contribution in [2.75, 3.05) is 20.8 Å². The number of hydrogen-bond acceptors (Lipinski definition) is 5. The van der Waals surface area contributed by atoms with Gasteiger partial charge in [0, 0.05) is 24.1 Å². The van der Waals surface area contributed by atoms with E-state index in [2.05, 4.69) is 17.4 Å². The molecule has 1 N–H and O–H groups in total. The van der Waals surface area contributed by atoms with Crippen molar-refractivity contribution in [1.82, 2.24) is 5.32 Å². The van der Waals surface area contributed by atoms with Crippen LogP contribution in [0.15, 0.2) is 60.7 Å². The van der Waals surface area contributed by atoms with E-state index in [1.807, 2.05) is 44.2 Å². The lowest BCUT2D eigenvalue weighted by molar-refractivity contribution is 0.0599. The van der Waals surface area contributed by atoms with Gasteiger partial charge in [-0.15, -0.1) is 0 Å². The van der Waals surface area contributed by atoms with E-state index < -0.39 is 0 Å². The standard InChI is InChI=1S/C28H30FNO4/c1-17-9-10-20(13-23(17)28(31)33-4)24-15-21(34-26-8-6-5-7-22(24)26)16-30-18(2)19-11-12-25(29)27(14-19)32-3/h5-14,18,21,24,30H,15-16H2,1-4H3/t18-,21-,24?/m1/s1. The number of rotatable bonds is 7. The van der Waals surface area contributed by atoms with Crippen molar-refractivity contribution in [2.45, 2.75) is 38.3 Å². The summed E-state index contributed by atoms with van der Waals surface area (Å²) >= 11 is 0. The summed E-state index contributed by atoms with van der Waals surface area (Å²) in [6, 6.07) is 18.9. The third-order valence-electron chi connectivity index (χ3n) is 6.48. The van der Waals surface area contributed by atoms with Crippen LogP contribution in [0.3, 0.4) is 0 Å². The molecule has 178 valence electrons. The van der Waals surface area contributed by atoms with Crippen molar-refractivity contribution < 1.29 is 23.4 Å². The van der Waals surface area contributed by atoms with Gasteiger partial charge in [-0.25, -0.2) is 9.18 Å². The second-order valence-electron chi connectivity index (χ2n) is 8.66. The summed E-state index contributed by atoms with van der Waals surface area (Å²) in [6.45, 7) is 4.55. The highest BCUT2D eigenvalue weighted by molar-refractivity contribution is 5.91. The maximum absolute atomic E-state index is 13.8. The fourth-order valence-electron chi connectivity index (χ4n) is 4.49. The van der Waals surface area contributed by atoms with Gasteiger partial charge < -0.3 is 19.5 Å². The van der Waals surface area contributed by atoms with Crippen LogP contribution in [0.4, 0.5) is 4.39 Å². The predicted octanol–water partition coefficient (Wildman–Crippen LogP) is 5.56. The number of methoxy groups -OCH3 is 2. The monoisotopic (exact) mass is 463 g/mol. The molecule has 0 aliphatic carbocycles. The predicted molar refractivity (Wildman–Crippen MR) is 129 cm³/mol. The van der Waals surface area contributed by atoms with Crippen LogP contribution < -0.4 is 14.8 Å². The first-order valence-electron chi connectivity index (χ1n) is 11.4. The minimum absolute atomic E-state index is 0.0148. The molecule has 34 heavy (non-hydrogen) atoms. The topological polar surface area (TPSA) is 56.8 Å². The second kappa shape index (κ2) is 10.3. The van der Waals surface area contributed by atoms with Gasteiger partial charge in [0.05, 0.1) is 19.8 Å². The molecule has 1 heterocycles. The largest absolute Gasteiger partial charge is 0.494 e. The molecule has 0 saturated carbocycles. The molecule has 1 aliphatic rings. The number of benzene rings is 3. The van der Waals surface area contributed by atoms with Gasteiger partial charge in [-0.2, -0.15) is 0 Å². The molecule has 0 amide bonds. The van der Waals surface area contributed by atoms with E-state index in [4.69, 9.17) is 14.2 Å². The molecule has 3 atom stereocenters. The fourth-order valence-corrected chi connectivity index (χ4v) is 4.49. The molecular weight excluding hydrogens is 433 g/mol. The molecule has 0 aromatic heterocycles. The molecule has 0 fully saturated rings. The van der Waals surface area contributed by atoms with Crippen molar-refractivity contribution in [3.8, 4) is 11.5 Å². The smallest absolute Gasteiger partial charge is 0.338 e. The van der Waals surface area contributed by atoms with Crippen LogP contribution in [0.2, 0.25) is 0 Å². The molecule has 6 heteroatoms. The number of fused-ring (bicyclic) bond motifs is 1. The van der Waals surface area contributed by atoms with Gasteiger partial charge in [-0.05, 0) is 61.2 Å². The lowest BCUT2D eigenvalue weighted by atomic mass is 9.83. The lowest BCUT2D eigenvalue weighted by Crippen LogP contribution is -2.37. The lowest BCUT2D eigenvalue weighted by Gasteiger charge is -2.33. The van der Waals surface area contributed by atoms with Crippen LogP contribution in [-0.2, 0) is 4.74 Å². The summed E-state index contributed by atoms with van der Waals surface area (Å²) in [7, 11) is 2.86. The number of ether oxygens (including phenoxy) is 3. The molecule has 4 rings (SSSR count). The Morgan fingerprint density at radius 1 is 1.15 bits per heavy atom. The zero-order chi connectivity index (χ0) is 24.2. The van der Waals surface area contributed by atoms with Crippen LogP contribution in [0.25, 0.3) is 0 Å². The van der Waals surface area contributed by atoms with Crippen molar-refractivity contribution in [1.29, 1.82) is 0 Å². The highest BCUT2D eigenvalue weighted by atomic mass is 19.1. The van der Waals surface area contributed by atoms with Gasteiger partial charge >= 0.3 is 5.97 Å². The zero-order valence-corrected chi connectivity index (χ0v) is 19.9. The molecule has 1 unspecified atom stereocenters. The first-order valence-corrected chi connectivity index (χ1v) is 11.4. The second-order valence-corrected chi connectivity index (χ2v) is 8.66. The van der Waals surface area contributed by atoms with E-state index >= 15 is 0 Å². The Kier molecular flexibility index (Phi) is 7.17. The molecule has 5 nitrogen and oxygen atoms in total. The van der Waals surface area contributed by atoms with E-state index in [0.717, 1.165) is 34.4 Å². The average Bonchev–Trinajstić information content (AvgIpc) is 2.86. The quantitative estimate of drug-likeness (QED) is 0.465. The molecule has 0 radical (unpaired) electrons. The Morgan fingerprint density at radius 2 is 1.94 bits per heavy atom. The SMILES string of the molecule is COC(=O)c1cc(C2C[C@H](CN[C@H](C)c3ccc(F)c(OC)c3)Oc3ccccc32)ccc1C. The Balaban J connectivity index is 1.55. The zero-order valence-electron chi connectivity index (χ0n) is 19.9. The number of halogens is 1. The van der Waals surface area contributed by atoms with E-state index in [0.29, 0.717) is 12.1 Å². The Hall–Kier alpha value is -3.38. The van der Waals surface area contributed by atoms with E-state index in [9.17, 15) is 9.18 Å². The summed E-state index contributed by atoms with van der Waals surface area (Å²) in [5.41, 5.74) is 4.57. The molecule has 1 aliphatic heterocycles. The first-order chi connectivity index (χ1) is 16.4. The molecule has 0 bridgehead atoms. The summed E-state index contributed by atoms with van der Waals surface area (Å²) in [5.74, 6) is 0.457. The average molecular weight is 464 g/mol. The Bertz CT molecular complexity index is 1180. The molecule has 0 spiro atoms. The van der Waals surface area contributed by atoms with Gasteiger partial charge in [-0.1, -0.05) is 36.4 Å². The van der Waals surface area contributed by atoms with Crippen molar-refractivity contribution in [3.63, 3.8) is 0 Å². The van der Waals surface area contributed by atoms with Gasteiger partial charge in [0.2, 0.25) is 0 Å². The maximum atomic E-state index is 13.8. The van der Waals surface area contributed by atoms with Gasteiger partial charge in [0.25, 0.3) is 0 Å². The number of carbonyl (C=O) groups is 1. The van der Waals surface area contributed by atoms with Crippen LogP contribution in [0.1, 0.15) is 57.9 Å². The first kappa shape index (κ1) is 23.8. The third-order valence-corrected chi connectivity index (χ3v) is 6.48. The summed E-state index contributed by atoms with van der Waals surface area (Å²) < 4.78 is 30.2. The number of carbonyl (C=O) groups excluding carboxylic acids is 1. The number of hydrogen-bond donors (Lipinski definition) is 1. The Morgan fingerprint density at radius 3 is 2.71 bits per heavy atom. The number of esters is 1. The highest BCUT2D eigenvalue weighted by Gasteiger charge is 2.30. The highest BCUT2D eigenvalue weighted by Crippen LogP contribution is 2.40. The third kappa shape index (κ3) is 4.92. The fraction of sp³-hybridized carbons (Fsp3) is 0.321. The van der Waals surface area contributed by atoms with E-state index in [1.54, 1.807) is 12.1 Å². The summed E-state index contributed by atoms with van der Waals surface area (Å²) in [5, 5.41) is 3.51. The normalized spacial score (nSPS) is 17.9.